The summed E-state index contributed by atoms with van der Waals surface area (Å²) >= 11 is 0. The highest BCUT2D eigenvalue weighted by molar-refractivity contribution is 7.90. The van der Waals surface area contributed by atoms with Crippen LogP contribution in [0, 0.1) is 0 Å². The SMILES string of the molecule is CN=C(NCCCS(C)(=O)=O)NCCN1CCCCC1. The van der Waals surface area contributed by atoms with Gasteiger partial charge in [0.15, 0.2) is 5.96 Å². The van der Waals surface area contributed by atoms with Gasteiger partial charge in [-0.3, -0.25) is 4.99 Å². The fraction of sp³-hybridized carbons (Fsp3) is 0.923. The van der Waals surface area contributed by atoms with Crippen LogP contribution in [0.2, 0.25) is 0 Å². The third-order valence-electron chi connectivity index (χ3n) is 3.38. The molecule has 1 heterocycles. The average molecular weight is 304 g/mol. The summed E-state index contributed by atoms with van der Waals surface area (Å²) in [7, 11) is -1.14. The molecule has 118 valence electrons. The van der Waals surface area contributed by atoms with E-state index in [2.05, 4.69) is 20.5 Å². The number of aliphatic imine (C=N–C) groups is 1. The Labute approximate surface area is 122 Å². The van der Waals surface area contributed by atoms with Gasteiger partial charge in [0.2, 0.25) is 0 Å². The van der Waals surface area contributed by atoms with Crippen molar-refractivity contribution in [1.29, 1.82) is 0 Å². The fourth-order valence-electron chi connectivity index (χ4n) is 2.28. The van der Waals surface area contributed by atoms with Crippen LogP contribution in [0.15, 0.2) is 4.99 Å². The topological polar surface area (TPSA) is 73.8 Å². The lowest BCUT2D eigenvalue weighted by atomic mass is 10.1. The molecule has 1 rings (SSSR count). The van der Waals surface area contributed by atoms with E-state index in [1.807, 2.05) is 0 Å². The van der Waals surface area contributed by atoms with Crippen LogP contribution < -0.4 is 10.6 Å². The van der Waals surface area contributed by atoms with Gasteiger partial charge >= 0.3 is 0 Å². The van der Waals surface area contributed by atoms with Crippen LogP contribution in [-0.2, 0) is 9.84 Å². The maximum absolute atomic E-state index is 11.0. The van der Waals surface area contributed by atoms with Crippen LogP contribution in [0.4, 0.5) is 0 Å². The van der Waals surface area contributed by atoms with Crippen molar-refractivity contribution in [3.63, 3.8) is 0 Å². The molecular weight excluding hydrogens is 276 g/mol. The Balaban J connectivity index is 2.10. The second-order valence-electron chi connectivity index (χ2n) is 5.31. The van der Waals surface area contributed by atoms with E-state index < -0.39 is 9.84 Å². The van der Waals surface area contributed by atoms with Crippen molar-refractivity contribution in [2.45, 2.75) is 25.7 Å². The Morgan fingerprint density at radius 1 is 1.15 bits per heavy atom. The minimum atomic E-state index is -2.87. The first kappa shape index (κ1) is 17.2. The highest BCUT2D eigenvalue weighted by atomic mass is 32.2. The predicted octanol–water partition coefficient (Wildman–Crippen LogP) is 0.0720. The molecule has 0 atom stereocenters. The van der Waals surface area contributed by atoms with Crippen LogP contribution in [0.5, 0.6) is 0 Å². The van der Waals surface area contributed by atoms with Crippen LogP contribution >= 0.6 is 0 Å². The van der Waals surface area contributed by atoms with E-state index in [9.17, 15) is 8.42 Å². The normalized spacial score (nSPS) is 18.0. The molecule has 7 heteroatoms. The summed E-state index contributed by atoms with van der Waals surface area (Å²) in [6.07, 6.45) is 5.83. The van der Waals surface area contributed by atoms with Gasteiger partial charge in [-0.1, -0.05) is 6.42 Å². The number of nitrogens with one attached hydrogen (secondary N) is 2. The lowest BCUT2D eigenvalue weighted by Gasteiger charge is -2.26. The molecule has 0 radical (unpaired) electrons. The summed E-state index contributed by atoms with van der Waals surface area (Å²) < 4.78 is 22.0. The molecule has 0 saturated carbocycles. The highest BCUT2D eigenvalue weighted by Gasteiger charge is 2.09. The minimum Gasteiger partial charge on any atom is -0.356 e. The second-order valence-corrected chi connectivity index (χ2v) is 7.57. The van der Waals surface area contributed by atoms with E-state index >= 15 is 0 Å². The van der Waals surface area contributed by atoms with Crippen molar-refractivity contribution < 1.29 is 8.42 Å². The van der Waals surface area contributed by atoms with E-state index in [1.54, 1.807) is 7.05 Å². The molecule has 0 aromatic rings. The Bertz CT molecular complexity index is 389. The number of rotatable bonds is 7. The van der Waals surface area contributed by atoms with Crippen LogP contribution in [0.25, 0.3) is 0 Å². The molecule has 0 aromatic carbocycles. The Hall–Kier alpha value is -0.820. The third-order valence-corrected chi connectivity index (χ3v) is 4.41. The third kappa shape index (κ3) is 8.37. The number of piperidine rings is 1. The molecule has 0 unspecified atom stereocenters. The van der Waals surface area contributed by atoms with Crippen molar-refractivity contribution in [3.05, 3.63) is 0 Å². The van der Waals surface area contributed by atoms with Gasteiger partial charge in [-0.15, -0.1) is 0 Å². The van der Waals surface area contributed by atoms with Gasteiger partial charge in [0.05, 0.1) is 5.75 Å². The Kier molecular flexibility index (Phi) is 7.91. The van der Waals surface area contributed by atoms with E-state index in [-0.39, 0.29) is 5.75 Å². The zero-order valence-electron chi connectivity index (χ0n) is 12.7. The first-order chi connectivity index (χ1) is 9.51. The standard InChI is InChI=1S/C13H28N4O2S/c1-14-13(15-7-6-12-20(2,18)19)16-8-11-17-9-4-3-5-10-17/h3-12H2,1-2H3,(H2,14,15,16). The quantitative estimate of drug-likeness (QED) is 0.396. The first-order valence-corrected chi connectivity index (χ1v) is 9.42. The Morgan fingerprint density at radius 3 is 2.40 bits per heavy atom. The molecule has 1 aliphatic heterocycles. The first-order valence-electron chi connectivity index (χ1n) is 7.36. The lowest BCUT2D eigenvalue weighted by Crippen LogP contribution is -2.43. The average Bonchev–Trinajstić information content (AvgIpc) is 2.41. The number of hydrogen-bond donors (Lipinski definition) is 2. The van der Waals surface area contributed by atoms with Crippen LogP contribution in [0.3, 0.4) is 0 Å². The van der Waals surface area contributed by atoms with Crippen molar-refractivity contribution in [2.75, 3.05) is 51.8 Å². The van der Waals surface area contributed by atoms with Crippen molar-refractivity contribution >= 4 is 15.8 Å². The molecule has 0 aromatic heterocycles. The monoisotopic (exact) mass is 304 g/mol. The van der Waals surface area contributed by atoms with E-state index in [0.717, 1.165) is 19.0 Å². The molecule has 0 aliphatic carbocycles. The second kappa shape index (κ2) is 9.18. The number of guanidine groups is 1. The number of nitrogens with zero attached hydrogens (tertiary/aromatic N) is 2. The summed E-state index contributed by atoms with van der Waals surface area (Å²) in [6.45, 7) is 4.91. The smallest absolute Gasteiger partial charge is 0.191 e. The molecule has 6 nitrogen and oxygen atoms in total. The molecule has 1 fully saturated rings. The van der Waals surface area contributed by atoms with E-state index in [1.165, 1.54) is 38.6 Å². The molecule has 0 spiro atoms. The summed E-state index contributed by atoms with van der Waals surface area (Å²) in [5.41, 5.74) is 0. The lowest BCUT2D eigenvalue weighted by molar-refractivity contribution is 0.232. The largest absolute Gasteiger partial charge is 0.356 e. The highest BCUT2D eigenvalue weighted by Crippen LogP contribution is 2.07. The number of hydrogen-bond acceptors (Lipinski definition) is 4. The van der Waals surface area contributed by atoms with Gasteiger partial charge in [0.25, 0.3) is 0 Å². The molecule has 1 aliphatic rings. The van der Waals surface area contributed by atoms with Gasteiger partial charge in [0.1, 0.15) is 9.84 Å². The molecule has 0 amide bonds. The molecule has 0 bridgehead atoms. The summed E-state index contributed by atoms with van der Waals surface area (Å²) in [4.78, 5) is 6.60. The van der Waals surface area contributed by atoms with Gasteiger partial charge < -0.3 is 15.5 Å². The predicted molar refractivity (Wildman–Crippen MR) is 84.0 cm³/mol. The zero-order chi connectivity index (χ0) is 14.8. The maximum Gasteiger partial charge on any atom is 0.191 e. The summed E-state index contributed by atoms with van der Waals surface area (Å²) in [5.74, 6) is 0.959. The zero-order valence-corrected chi connectivity index (χ0v) is 13.5. The van der Waals surface area contributed by atoms with Gasteiger partial charge in [-0.05, 0) is 32.4 Å². The maximum atomic E-state index is 11.0. The van der Waals surface area contributed by atoms with Gasteiger partial charge in [-0.2, -0.15) is 0 Å². The van der Waals surface area contributed by atoms with Crippen molar-refractivity contribution in [2.24, 2.45) is 4.99 Å². The minimum absolute atomic E-state index is 0.213. The van der Waals surface area contributed by atoms with Crippen molar-refractivity contribution in [3.8, 4) is 0 Å². The van der Waals surface area contributed by atoms with E-state index in [0.29, 0.717) is 13.0 Å². The summed E-state index contributed by atoms with van der Waals surface area (Å²) in [5, 5.41) is 6.40. The van der Waals surface area contributed by atoms with E-state index in [4.69, 9.17) is 0 Å². The van der Waals surface area contributed by atoms with Crippen LogP contribution in [-0.4, -0.2) is 71.1 Å². The fourth-order valence-corrected chi connectivity index (χ4v) is 2.95. The Morgan fingerprint density at radius 2 is 1.80 bits per heavy atom. The molecule has 1 saturated heterocycles. The van der Waals surface area contributed by atoms with Crippen LogP contribution in [0.1, 0.15) is 25.7 Å². The van der Waals surface area contributed by atoms with Gasteiger partial charge in [0, 0.05) is 32.9 Å². The summed E-state index contributed by atoms with van der Waals surface area (Å²) in [6, 6.07) is 0. The molecule has 2 N–H and O–H groups in total. The molecular formula is C13H28N4O2S. The molecule has 20 heavy (non-hydrogen) atoms. The van der Waals surface area contributed by atoms with Gasteiger partial charge in [-0.25, -0.2) is 8.42 Å². The number of likely N-dealkylation sites (tertiary alicyclic amines) is 1. The number of sulfone groups is 1. The van der Waals surface area contributed by atoms with Crippen molar-refractivity contribution in [1.82, 2.24) is 15.5 Å².